The molecule has 126 valence electrons. The van der Waals surface area contributed by atoms with Crippen LogP contribution in [0.5, 0.6) is 0 Å². The monoisotopic (exact) mass is 304 g/mol. The second-order valence-corrected chi connectivity index (χ2v) is 6.50. The molecular weight excluding hydrogens is 272 g/mol. The maximum absolute atomic E-state index is 5.57. The first-order chi connectivity index (χ1) is 10.1. The van der Waals surface area contributed by atoms with Crippen LogP contribution in [-0.2, 0) is 23.7 Å². The van der Waals surface area contributed by atoms with E-state index in [0.29, 0.717) is 39.6 Å². The molecule has 0 aromatic carbocycles. The highest BCUT2D eigenvalue weighted by Crippen LogP contribution is 2.13. The van der Waals surface area contributed by atoms with Crippen molar-refractivity contribution in [2.45, 2.75) is 46.3 Å². The maximum atomic E-state index is 5.57. The smallest absolute Gasteiger partial charge is 0.157 e. The second-order valence-electron chi connectivity index (χ2n) is 6.50. The zero-order valence-electron chi connectivity index (χ0n) is 13.9. The molecule has 0 aliphatic carbocycles. The van der Waals surface area contributed by atoms with Crippen LogP contribution in [0.15, 0.2) is 0 Å². The summed E-state index contributed by atoms with van der Waals surface area (Å²) in [5.74, 6) is 0. The molecule has 1 aliphatic rings. The Hall–Kier alpha value is -0.200. The van der Waals surface area contributed by atoms with Gasteiger partial charge in [0.1, 0.15) is 0 Å². The molecule has 1 saturated heterocycles. The summed E-state index contributed by atoms with van der Waals surface area (Å²) in [4.78, 5) is 0. The van der Waals surface area contributed by atoms with Crippen molar-refractivity contribution < 1.29 is 23.7 Å². The van der Waals surface area contributed by atoms with Crippen LogP contribution >= 0.6 is 0 Å². The number of rotatable bonds is 11. The minimum atomic E-state index is -0.0291. The van der Waals surface area contributed by atoms with Crippen LogP contribution in [-0.4, -0.2) is 59.1 Å². The molecule has 0 amide bonds. The lowest BCUT2D eigenvalue weighted by Gasteiger charge is -2.22. The van der Waals surface area contributed by atoms with Crippen LogP contribution in [0.3, 0.4) is 0 Å². The highest BCUT2D eigenvalue weighted by Gasteiger charge is 2.13. The summed E-state index contributed by atoms with van der Waals surface area (Å²) in [6, 6.07) is 0. The van der Waals surface area contributed by atoms with E-state index >= 15 is 0 Å². The fourth-order valence-corrected chi connectivity index (χ4v) is 1.90. The van der Waals surface area contributed by atoms with E-state index in [1.54, 1.807) is 0 Å². The first-order valence-corrected chi connectivity index (χ1v) is 8.04. The van der Waals surface area contributed by atoms with Gasteiger partial charge in [-0.15, -0.1) is 0 Å². The van der Waals surface area contributed by atoms with Gasteiger partial charge >= 0.3 is 0 Å². The second kappa shape index (κ2) is 11.4. The number of ether oxygens (including phenoxy) is 5. The molecule has 21 heavy (non-hydrogen) atoms. The molecule has 0 N–H and O–H groups in total. The van der Waals surface area contributed by atoms with Gasteiger partial charge in [0.15, 0.2) is 6.29 Å². The Bertz CT molecular complexity index is 233. The predicted octanol–water partition coefficient (Wildman–Crippen LogP) is 2.63. The molecule has 0 bridgehead atoms. The van der Waals surface area contributed by atoms with Crippen molar-refractivity contribution in [3.8, 4) is 0 Å². The van der Waals surface area contributed by atoms with Crippen LogP contribution in [0.4, 0.5) is 0 Å². The Morgan fingerprint density at radius 2 is 1.48 bits per heavy atom. The summed E-state index contributed by atoms with van der Waals surface area (Å²) in [6.45, 7) is 11.7. The van der Waals surface area contributed by atoms with E-state index < -0.39 is 0 Å². The van der Waals surface area contributed by atoms with Gasteiger partial charge in [-0.3, -0.25) is 0 Å². The summed E-state index contributed by atoms with van der Waals surface area (Å²) in [5.41, 5.74) is 0.213. The Kier molecular flexibility index (Phi) is 10.2. The van der Waals surface area contributed by atoms with Gasteiger partial charge in [0.25, 0.3) is 0 Å². The lowest BCUT2D eigenvalue weighted by Crippen LogP contribution is -2.24. The van der Waals surface area contributed by atoms with Crippen molar-refractivity contribution in [2.75, 3.05) is 52.9 Å². The average Bonchev–Trinajstić information content (AvgIpc) is 2.44. The Morgan fingerprint density at radius 1 is 0.857 bits per heavy atom. The SMILES string of the molecule is CC(C)(C)COCCOCCOCCOC1CCCCO1. The standard InChI is InChI=1S/C16H32O5/c1-16(2,3)14-19-11-10-17-8-9-18-12-13-21-15-6-4-5-7-20-15/h15H,4-14H2,1-3H3. The molecule has 1 fully saturated rings. The Morgan fingerprint density at radius 3 is 2.05 bits per heavy atom. The molecule has 5 heteroatoms. The molecule has 1 unspecified atom stereocenters. The predicted molar refractivity (Wildman–Crippen MR) is 81.5 cm³/mol. The molecule has 5 nitrogen and oxygen atoms in total. The average molecular weight is 304 g/mol. The molecule has 1 rings (SSSR count). The molecule has 1 heterocycles. The maximum Gasteiger partial charge on any atom is 0.157 e. The fourth-order valence-electron chi connectivity index (χ4n) is 1.90. The molecule has 0 radical (unpaired) electrons. The summed E-state index contributed by atoms with van der Waals surface area (Å²) in [5, 5.41) is 0. The topological polar surface area (TPSA) is 46.2 Å². The largest absolute Gasteiger partial charge is 0.379 e. The van der Waals surface area contributed by atoms with E-state index in [1.165, 1.54) is 6.42 Å². The van der Waals surface area contributed by atoms with Crippen molar-refractivity contribution >= 4 is 0 Å². The Balaban J connectivity index is 1.74. The number of hydrogen-bond donors (Lipinski definition) is 0. The van der Waals surface area contributed by atoms with Crippen LogP contribution in [0.1, 0.15) is 40.0 Å². The normalized spacial score (nSPS) is 19.9. The van der Waals surface area contributed by atoms with Gasteiger partial charge in [0.2, 0.25) is 0 Å². The third kappa shape index (κ3) is 12.1. The molecule has 1 aliphatic heterocycles. The third-order valence-corrected chi connectivity index (χ3v) is 2.95. The van der Waals surface area contributed by atoms with E-state index in [-0.39, 0.29) is 11.7 Å². The van der Waals surface area contributed by atoms with E-state index in [1.807, 2.05) is 0 Å². The van der Waals surface area contributed by atoms with Crippen LogP contribution in [0.2, 0.25) is 0 Å². The first-order valence-electron chi connectivity index (χ1n) is 8.04. The number of hydrogen-bond acceptors (Lipinski definition) is 5. The van der Waals surface area contributed by atoms with Gasteiger partial charge in [-0.2, -0.15) is 0 Å². The van der Waals surface area contributed by atoms with Gasteiger partial charge in [-0.05, 0) is 24.7 Å². The van der Waals surface area contributed by atoms with Crippen LogP contribution < -0.4 is 0 Å². The van der Waals surface area contributed by atoms with Gasteiger partial charge in [-0.25, -0.2) is 0 Å². The van der Waals surface area contributed by atoms with Gasteiger partial charge < -0.3 is 23.7 Å². The summed E-state index contributed by atoms with van der Waals surface area (Å²) >= 11 is 0. The molecular formula is C16H32O5. The van der Waals surface area contributed by atoms with E-state index in [4.69, 9.17) is 23.7 Å². The minimum Gasteiger partial charge on any atom is -0.379 e. The van der Waals surface area contributed by atoms with E-state index in [2.05, 4.69) is 20.8 Å². The summed E-state index contributed by atoms with van der Waals surface area (Å²) in [7, 11) is 0. The lowest BCUT2D eigenvalue weighted by atomic mass is 9.99. The molecule has 0 aromatic rings. The summed E-state index contributed by atoms with van der Waals surface area (Å²) < 4.78 is 27.4. The summed E-state index contributed by atoms with van der Waals surface area (Å²) in [6.07, 6.45) is 3.31. The molecule has 1 atom stereocenters. The first kappa shape index (κ1) is 18.8. The minimum absolute atomic E-state index is 0.0291. The van der Waals surface area contributed by atoms with Crippen molar-refractivity contribution in [2.24, 2.45) is 5.41 Å². The van der Waals surface area contributed by atoms with Crippen LogP contribution in [0, 0.1) is 5.41 Å². The van der Waals surface area contributed by atoms with Crippen LogP contribution in [0.25, 0.3) is 0 Å². The third-order valence-electron chi connectivity index (χ3n) is 2.95. The highest BCUT2D eigenvalue weighted by molar-refractivity contribution is 4.58. The molecule has 0 spiro atoms. The zero-order valence-corrected chi connectivity index (χ0v) is 13.9. The fraction of sp³-hybridized carbons (Fsp3) is 1.00. The highest BCUT2D eigenvalue weighted by atomic mass is 16.7. The van der Waals surface area contributed by atoms with Gasteiger partial charge in [-0.1, -0.05) is 20.8 Å². The lowest BCUT2D eigenvalue weighted by molar-refractivity contribution is -0.169. The zero-order chi connectivity index (χ0) is 15.4. The van der Waals surface area contributed by atoms with Gasteiger partial charge in [0.05, 0.1) is 46.2 Å². The van der Waals surface area contributed by atoms with Crippen molar-refractivity contribution in [3.05, 3.63) is 0 Å². The molecule has 0 saturated carbocycles. The van der Waals surface area contributed by atoms with E-state index in [9.17, 15) is 0 Å². The van der Waals surface area contributed by atoms with Gasteiger partial charge in [0, 0.05) is 6.61 Å². The quantitative estimate of drug-likeness (QED) is 0.549. The van der Waals surface area contributed by atoms with Crippen molar-refractivity contribution in [1.29, 1.82) is 0 Å². The van der Waals surface area contributed by atoms with Crippen molar-refractivity contribution in [1.82, 2.24) is 0 Å². The molecule has 0 aromatic heterocycles. The van der Waals surface area contributed by atoms with Crippen molar-refractivity contribution in [3.63, 3.8) is 0 Å². The van der Waals surface area contributed by atoms with E-state index in [0.717, 1.165) is 26.1 Å². The Labute approximate surface area is 129 Å².